The Morgan fingerprint density at radius 2 is 2.20 bits per heavy atom. The van der Waals surface area contributed by atoms with Crippen molar-refractivity contribution in [3.63, 3.8) is 0 Å². The minimum atomic E-state index is -1.13. The molecule has 8 heteroatoms. The van der Waals surface area contributed by atoms with Crippen molar-refractivity contribution in [3.8, 4) is 0 Å². The third-order valence-corrected chi connectivity index (χ3v) is 2.92. The number of carbonyl (C=O) groups is 3. The molecule has 0 saturated carbocycles. The average molecular weight is 287 g/mol. The standard InChI is InChI=1S/C12H21N3O5/c1-8(2)20-5-4-14(3)12(19)15-7-10(16)13-6-9(15)11(17)18/h8-9H,4-7H2,1-3H3,(H,13,16)(H,17,18). The Hall–Kier alpha value is -1.83. The summed E-state index contributed by atoms with van der Waals surface area (Å²) in [5.74, 6) is -1.49. The Bertz CT molecular complexity index is 385. The smallest absolute Gasteiger partial charge is 0.328 e. The van der Waals surface area contributed by atoms with Crippen molar-refractivity contribution in [2.75, 3.05) is 33.3 Å². The molecule has 2 N–H and O–H groups in total. The van der Waals surface area contributed by atoms with Gasteiger partial charge in [0.25, 0.3) is 0 Å². The normalized spacial score (nSPS) is 18.9. The lowest BCUT2D eigenvalue weighted by atomic mass is 10.2. The zero-order valence-corrected chi connectivity index (χ0v) is 12.0. The van der Waals surface area contributed by atoms with Gasteiger partial charge in [-0.05, 0) is 13.8 Å². The van der Waals surface area contributed by atoms with E-state index in [0.717, 1.165) is 4.90 Å². The summed E-state index contributed by atoms with van der Waals surface area (Å²) in [5, 5.41) is 11.5. The molecule has 0 spiro atoms. The maximum atomic E-state index is 12.2. The fourth-order valence-electron chi connectivity index (χ4n) is 1.80. The number of carboxylic acid groups (broad SMARTS) is 1. The van der Waals surface area contributed by atoms with Crippen LogP contribution >= 0.6 is 0 Å². The van der Waals surface area contributed by atoms with Crippen LogP contribution in [0.1, 0.15) is 13.8 Å². The number of nitrogens with one attached hydrogen (secondary N) is 1. The molecule has 1 heterocycles. The summed E-state index contributed by atoms with van der Waals surface area (Å²) in [6, 6.07) is -1.52. The number of carboxylic acids is 1. The molecule has 0 aromatic heterocycles. The van der Waals surface area contributed by atoms with E-state index in [0.29, 0.717) is 13.2 Å². The molecule has 1 unspecified atom stereocenters. The van der Waals surface area contributed by atoms with Crippen molar-refractivity contribution in [3.05, 3.63) is 0 Å². The molecule has 114 valence electrons. The molecule has 1 aliphatic rings. The number of nitrogens with zero attached hydrogens (tertiary/aromatic N) is 2. The predicted molar refractivity (Wildman–Crippen MR) is 70.3 cm³/mol. The second kappa shape index (κ2) is 7.09. The highest BCUT2D eigenvalue weighted by atomic mass is 16.5. The molecule has 0 aromatic carbocycles. The zero-order valence-electron chi connectivity index (χ0n) is 12.0. The van der Waals surface area contributed by atoms with Crippen LogP contribution in [0, 0.1) is 0 Å². The number of aliphatic carboxylic acids is 1. The van der Waals surface area contributed by atoms with Crippen molar-refractivity contribution in [1.29, 1.82) is 0 Å². The molecular weight excluding hydrogens is 266 g/mol. The third-order valence-electron chi connectivity index (χ3n) is 2.92. The number of amides is 3. The highest BCUT2D eigenvalue weighted by molar-refractivity contribution is 5.90. The molecule has 1 saturated heterocycles. The zero-order chi connectivity index (χ0) is 15.3. The summed E-state index contributed by atoms with van der Waals surface area (Å²) >= 11 is 0. The summed E-state index contributed by atoms with van der Waals surface area (Å²) in [5.41, 5.74) is 0. The summed E-state index contributed by atoms with van der Waals surface area (Å²) in [6.07, 6.45) is 0.0611. The van der Waals surface area contributed by atoms with Crippen molar-refractivity contribution in [2.45, 2.75) is 26.0 Å². The third kappa shape index (κ3) is 4.37. The van der Waals surface area contributed by atoms with Gasteiger partial charge in [0.1, 0.15) is 12.6 Å². The number of rotatable bonds is 5. The van der Waals surface area contributed by atoms with Crippen molar-refractivity contribution in [1.82, 2.24) is 15.1 Å². The van der Waals surface area contributed by atoms with Gasteiger partial charge >= 0.3 is 12.0 Å². The fraction of sp³-hybridized carbons (Fsp3) is 0.750. The number of piperazine rings is 1. The number of urea groups is 1. The Balaban J connectivity index is 2.61. The number of hydrogen-bond acceptors (Lipinski definition) is 4. The van der Waals surface area contributed by atoms with E-state index in [1.165, 1.54) is 4.90 Å². The summed E-state index contributed by atoms with van der Waals surface area (Å²) in [6.45, 7) is 4.15. The topological polar surface area (TPSA) is 99.2 Å². The Labute approximate surface area is 117 Å². The summed E-state index contributed by atoms with van der Waals surface area (Å²) in [4.78, 5) is 37.1. The molecule has 0 bridgehead atoms. The van der Waals surface area contributed by atoms with E-state index in [-0.39, 0.29) is 25.1 Å². The quantitative estimate of drug-likeness (QED) is 0.700. The highest BCUT2D eigenvalue weighted by Gasteiger charge is 2.36. The lowest BCUT2D eigenvalue weighted by Crippen LogP contribution is -2.61. The number of ether oxygens (including phenoxy) is 1. The van der Waals surface area contributed by atoms with Crippen molar-refractivity contribution >= 4 is 17.9 Å². The largest absolute Gasteiger partial charge is 0.480 e. The van der Waals surface area contributed by atoms with Crippen LogP contribution in [0.4, 0.5) is 4.79 Å². The first-order valence-electron chi connectivity index (χ1n) is 6.45. The van der Waals surface area contributed by atoms with Crippen LogP contribution in [0.3, 0.4) is 0 Å². The minimum Gasteiger partial charge on any atom is -0.480 e. The van der Waals surface area contributed by atoms with E-state index in [4.69, 9.17) is 9.84 Å². The molecule has 8 nitrogen and oxygen atoms in total. The monoisotopic (exact) mass is 287 g/mol. The van der Waals surface area contributed by atoms with Crippen LogP contribution in [0.25, 0.3) is 0 Å². The van der Waals surface area contributed by atoms with Crippen LogP contribution < -0.4 is 5.32 Å². The molecular formula is C12H21N3O5. The number of likely N-dealkylation sites (N-methyl/N-ethyl adjacent to an activating group) is 1. The van der Waals surface area contributed by atoms with Gasteiger partial charge in [0, 0.05) is 20.1 Å². The predicted octanol–water partition coefficient (Wildman–Crippen LogP) is -0.652. The van der Waals surface area contributed by atoms with Crippen LogP contribution in [-0.2, 0) is 14.3 Å². The van der Waals surface area contributed by atoms with Crippen LogP contribution in [0.15, 0.2) is 0 Å². The highest BCUT2D eigenvalue weighted by Crippen LogP contribution is 2.08. The van der Waals surface area contributed by atoms with Gasteiger partial charge in [-0.1, -0.05) is 0 Å². The number of carbonyl (C=O) groups excluding carboxylic acids is 2. The number of hydrogen-bond donors (Lipinski definition) is 2. The Morgan fingerprint density at radius 3 is 2.75 bits per heavy atom. The van der Waals surface area contributed by atoms with Gasteiger partial charge in [-0.15, -0.1) is 0 Å². The molecule has 1 atom stereocenters. The van der Waals surface area contributed by atoms with E-state index < -0.39 is 18.0 Å². The lowest BCUT2D eigenvalue weighted by molar-refractivity contribution is -0.144. The average Bonchev–Trinajstić information content (AvgIpc) is 2.36. The van der Waals surface area contributed by atoms with Crippen LogP contribution in [0.2, 0.25) is 0 Å². The molecule has 3 amide bonds. The maximum Gasteiger partial charge on any atom is 0.328 e. The van der Waals surface area contributed by atoms with Gasteiger partial charge in [-0.2, -0.15) is 0 Å². The first kappa shape index (κ1) is 16.2. The van der Waals surface area contributed by atoms with Gasteiger partial charge in [-0.25, -0.2) is 9.59 Å². The molecule has 1 aliphatic heterocycles. The Kier molecular flexibility index (Phi) is 5.75. The molecule has 1 fully saturated rings. The fourth-order valence-corrected chi connectivity index (χ4v) is 1.80. The van der Waals surface area contributed by atoms with Crippen molar-refractivity contribution < 1.29 is 24.2 Å². The minimum absolute atomic E-state index is 0.0611. The van der Waals surface area contributed by atoms with Crippen molar-refractivity contribution in [2.24, 2.45) is 0 Å². The van der Waals surface area contributed by atoms with Gasteiger partial charge in [-0.3, -0.25) is 9.69 Å². The van der Waals surface area contributed by atoms with E-state index in [2.05, 4.69) is 5.32 Å². The second-order valence-corrected chi connectivity index (χ2v) is 4.91. The van der Waals surface area contributed by atoms with Gasteiger partial charge in [0.05, 0.1) is 12.7 Å². The van der Waals surface area contributed by atoms with E-state index in [9.17, 15) is 14.4 Å². The second-order valence-electron chi connectivity index (χ2n) is 4.91. The summed E-state index contributed by atoms with van der Waals surface area (Å²) in [7, 11) is 1.55. The summed E-state index contributed by atoms with van der Waals surface area (Å²) < 4.78 is 5.34. The van der Waals surface area contributed by atoms with Gasteiger partial charge < -0.3 is 20.1 Å². The van der Waals surface area contributed by atoms with Gasteiger partial charge in [0.15, 0.2) is 0 Å². The Morgan fingerprint density at radius 1 is 1.55 bits per heavy atom. The molecule has 0 radical (unpaired) electrons. The lowest BCUT2D eigenvalue weighted by Gasteiger charge is -2.35. The van der Waals surface area contributed by atoms with E-state index >= 15 is 0 Å². The van der Waals surface area contributed by atoms with Crippen LogP contribution in [-0.4, -0.2) is 78.2 Å². The van der Waals surface area contributed by atoms with Crippen LogP contribution in [0.5, 0.6) is 0 Å². The molecule has 1 rings (SSSR count). The van der Waals surface area contributed by atoms with E-state index in [1.54, 1.807) is 7.05 Å². The van der Waals surface area contributed by atoms with Gasteiger partial charge in [0.2, 0.25) is 5.91 Å². The molecule has 0 aliphatic carbocycles. The first-order chi connectivity index (χ1) is 9.32. The maximum absolute atomic E-state index is 12.2. The van der Waals surface area contributed by atoms with E-state index in [1.807, 2.05) is 13.8 Å². The molecule has 20 heavy (non-hydrogen) atoms. The molecule has 0 aromatic rings. The first-order valence-corrected chi connectivity index (χ1v) is 6.45. The SMILES string of the molecule is CC(C)OCCN(C)C(=O)N1CC(=O)NCC1C(=O)O.